The smallest absolute Gasteiger partial charge is 0.410 e. The van der Waals surface area contributed by atoms with Gasteiger partial charge in [-0.3, -0.25) is 4.90 Å². The first-order chi connectivity index (χ1) is 15.1. The Kier molecular flexibility index (Phi) is 7.58. The number of alkyl carbamates (subject to hydrolysis) is 1. The number of nitrogens with one attached hydrogen (secondary N) is 1. The molecule has 0 bridgehead atoms. The van der Waals surface area contributed by atoms with Crippen molar-refractivity contribution in [1.29, 1.82) is 0 Å². The van der Waals surface area contributed by atoms with E-state index in [1.165, 1.54) is 0 Å². The van der Waals surface area contributed by atoms with E-state index in [2.05, 4.69) is 11.2 Å². The lowest BCUT2D eigenvalue weighted by molar-refractivity contribution is -0.129. The number of amides is 2. The molecule has 1 spiro atoms. The molecule has 2 amide bonds. The number of carbonyl (C=O) groups excluding carboxylic acids is 2. The minimum Gasteiger partial charge on any atom is -0.446 e. The van der Waals surface area contributed by atoms with Crippen LogP contribution in [0.25, 0.3) is 0 Å². The van der Waals surface area contributed by atoms with Gasteiger partial charge in [-0.15, -0.1) is 6.42 Å². The van der Waals surface area contributed by atoms with Gasteiger partial charge in [-0.25, -0.2) is 9.59 Å². The molecule has 0 aliphatic carbocycles. The number of hydrogen-bond donors (Lipinski definition) is 1. The number of terminal acetylenes is 1. The molecule has 9 heteroatoms. The molecule has 3 saturated heterocycles. The predicted octanol–water partition coefficient (Wildman–Crippen LogP) is 2.00. The highest BCUT2D eigenvalue weighted by molar-refractivity contribution is 5.69. The number of piperidine rings is 1. The molecule has 2 atom stereocenters. The molecule has 1 N–H and O–H groups in total. The number of likely N-dealkylation sites (tertiary alicyclic amines) is 1. The molecule has 0 aromatic carbocycles. The summed E-state index contributed by atoms with van der Waals surface area (Å²) >= 11 is 0. The summed E-state index contributed by atoms with van der Waals surface area (Å²) in [5.74, 6) is 2.74. The van der Waals surface area contributed by atoms with Crippen molar-refractivity contribution in [1.82, 2.24) is 15.1 Å². The minimum absolute atomic E-state index is 0.0544. The van der Waals surface area contributed by atoms with Gasteiger partial charge in [-0.1, -0.05) is 5.92 Å². The van der Waals surface area contributed by atoms with Crippen LogP contribution in [-0.2, 0) is 18.9 Å². The van der Waals surface area contributed by atoms with E-state index in [4.69, 9.17) is 25.4 Å². The maximum absolute atomic E-state index is 12.7. The fraction of sp³-hybridized carbons (Fsp3) is 0.826. The molecule has 3 aliphatic rings. The second-order valence-electron chi connectivity index (χ2n) is 9.95. The van der Waals surface area contributed by atoms with E-state index >= 15 is 0 Å². The number of hydrogen-bond acceptors (Lipinski definition) is 7. The van der Waals surface area contributed by atoms with E-state index in [0.29, 0.717) is 52.3 Å². The quantitative estimate of drug-likeness (QED) is 0.657. The zero-order valence-electron chi connectivity index (χ0n) is 19.8. The third-order valence-corrected chi connectivity index (χ3v) is 6.57. The largest absolute Gasteiger partial charge is 0.446 e. The highest BCUT2D eigenvalue weighted by atomic mass is 16.6. The Morgan fingerprint density at radius 1 is 1.22 bits per heavy atom. The van der Waals surface area contributed by atoms with Gasteiger partial charge < -0.3 is 29.2 Å². The summed E-state index contributed by atoms with van der Waals surface area (Å²) in [6.45, 7) is 8.91. The van der Waals surface area contributed by atoms with Crippen LogP contribution >= 0.6 is 0 Å². The minimum atomic E-state index is -0.755. The first-order valence-electron chi connectivity index (χ1n) is 11.4. The van der Waals surface area contributed by atoms with E-state index in [9.17, 15) is 9.59 Å². The third-order valence-electron chi connectivity index (χ3n) is 6.57. The van der Waals surface area contributed by atoms with Crippen molar-refractivity contribution in [2.45, 2.75) is 69.2 Å². The molecule has 9 nitrogen and oxygen atoms in total. The average molecular weight is 452 g/mol. The van der Waals surface area contributed by atoms with Gasteiger partial charge in [0.05, 0.1) is 24.9 Å². The zero-order valence-corrected chi connectivity index (χ0v) is 19.8. The standard InChI is InChI=1S/C23H37N3O6/c1-6-22(16-29-15-13-25(22)5)17-30-19(27)24-18-8-7-14-31-23(18)9-11-26(12-10-23)20(28)32-21(2,3)4/h1,18H,7-17H2,2-5H3,(H,24,27). The van der Waals surface area contributed by atoms with Crippen LogP contribution in [-0.4, -0.2) is 97.9 Å². The molecule has 0 aromatic rings. The second-order valence-corrected chi connectivity index (χ2v) is 9.95. The summed E-state index contributed by atoms with van der Waals surface area (Å²) in [6, 6.07) is -0.188. The molecule has 3 heterocycles. The van der Waals surface area contributed by atoms with Gasteiger partial charge in [-0.2, -0.15) is 0 Å². The molecule has 32 heavy (non-hydrogen) atoms. The molecule has 3 rings (SSSR count). The highest BCUT2D eigenvalue weighted by Gasteiger charge is 2.47. The van der Waals surface area contributed by atoms with Gasteiger partial charge in [0.1, 0.15) is 17.7 Å². The number of rotatable bonds is 3. The van der Waals surface area contributed by atoms with Gasteiger partial charge >= 0.3 is 12.2 Å². The van der Waals surface area contributed by atoms with Gasteiger partial charge in [0, 0.05) is 26.2 Å². The Bertz CT molecular complexity index is 722. The highest BCUT2D eigenvalue weighted by Crippen LogP contribution is 2.36. The summed E-state index contributed by atoms with van der Waals surface area (Å²) in [6.07, 6.45) is 7.82. The van der Waals surface area contributed by atoms with Crippen LogP contribution < -0.4 is 5.32 Å². The van der Waals surface area contributed by atoms with E-state index in [1.807, 2.05) is 32.7 Å². The van der Waals surface area contributed by atoms with Gasteiger partial charge in [0.15, 0.2) is 0 Å². The monoisotopic (exact) mass is 451 g/mol. The predicted molar refractivity (Wildman–Crippen MR) is 118 cm³/mol. The van der Waals surface area contributed by atoms with Crippen LogP contribution in [0, 0.1) is 12.3 Å². The molecule has 180 valence electrons. The number of carbonyl (C=O) groups is 2. The van der Waals surface area contributed by atoms with Crippen molar-refractivity contribution in [3.63, 3.8) is 0 Å². The molecule has 0 aromatic heterocycles. The average Bonchev–Trinajstić information content (AvgIpc) is 2.74. The van der Waals surface area contributed by atoms with Crippen molar-refractivity contribution in [2.24, 2.45) is 0 Å². The Balaban J connectivity index is 1.56. The van der Waals surface area contributed by atoms with Crippen LogP contribution in [0.15, 0.2) is 0 Å². The lowest BCUT2D eigenvalue weighted by Gasteiger charge is -2.48. The lowest BCUT2D eigenvalue weighted by atomic mass is 9.80. The van der Waals surface area contributed by atoms with Gasteiger partial charge in [0.25, 0.3) is 0 Å². The fourth-order valence-corrected chi connectivity index (χ4v) is 4.50. The van der Waals surface area contributed by atoms with Crippen LogP contribution in [0.5, 0.6) is 0 Å². The van der Waals surface area contributed by atoms with Crippen LogP contribution in [0.1, 0.15) is 46.5 Å². The Morgan fingerprint density at radius 2 is 1.94 bits per heavy atom. The van der Waals surface area contributed by atoms with Crippen LogP contribution in [0.3, 0.4) is 0 Å². The Labute approximate surface area is 191 Å². The molecule has 3 aliphatic heterocycles. The number of nitrogens with zero attached hydrogens (tertiary/aromatic N) is 2. The normalized spacial score (nSPS) is 28.6. The van der Waals surface area contributed by atoms with Crippen molar-refractivity contribution in [3.05, 3.63) is 0 Å². The molecular weight excluding hydrogens is 414 g/mol. The fourth-order valence-electron chi connectivity index (χ4n) is 4.50. The maximum Gasteiger partial charge on any atom is 0.410 e. The van der Waals surface area contributed by atoms with E-state index < -0.39 is 22.8 Å². The topological polar surface area (TPSA) is 89.6 Å². The van der Waals surface area contributed by atoms with E-state index in [-0.39, 0.29) is 18.7 Å². The molecule has 0 radical (unpaired) electrons. The summed E-state index contributed by atoms with van der Waals surface area (Å²) < 4.78 is 22.7. The molecule has 0 saturated carbocycles. The first-order valence-corrected chi connectivity index (χ1v) is 11.4. The summed E-state index contributed by atoms with van der Waals surface area (Å²) in [5.41, 5.74) is -1.80. The number of morpholine rings is 1. The zero-order chi connectivity index (χ0) is 23.4. The molecular formula is C23H37N3O6. The number of ether oxygens (including phenoxy) is 4. The Hall–Kier alpha value is -2.02. The summed E-state index contributed by atoms with van der Waals surface area (Å²) in [4.78, 5) is 28.8. The van der Waals surface area contributed by atoms with Crippen LogP contribution in [0.4, 0.5) is 9.59 Å². The van der Waals surface area contributed by atoms with Crippen LogP contribution in [0.2, 0.25) is 0 Å². The van der Waals surface area contributed by atoms with Gasteiger partial charge in [-0.05, 0) is 53.5 Å². The van der Waals surface area contributed by atoms with Crippen molar-refractivity contribution < 1.29 is 28.5 Å². The maximum atomic E-state index is 12.7. The number of likely N-dealkylation sites (N-methyl/N-ethyl adjacent to an activating group) is 1. The Morgan fingerprint density at radius 3 is 2.56 bits per heavy atom. The van der Waals surface area contributed by atoms with Crippen molar-refractivity contribution in [3.8, 4) is 12.3 Å². The van der Waals surface area contributed by atoms with E-state index in [1.54, 1.807) is 4.90 Å². The molecule has 2 unspecified atom stereocenters. The lowest BCUT2D eigenvalue weighted by Crippen LogP contribution is -2.62. The third kappa shape index (κ3) is 5.66. The second kappa shape index (κ2) is 9.86. The summed E-state index contributed by atoms with van der Waals surface area (Å²) in [7, 11) is 1.91. The SMILES string of the molecule is C#CC1(COC(=O)NC2CCCOC23CCN(C(=O)OC(C)(C)C)CC3)COCCN1C. The van der Waals surface area contributed by atoms with Crippen molar-refractivity contribution >= 4 is 12.2 Å². The van der Waals surface area contributed by atoms with E-state index in [0.717, 1.165) is 12.8 Å². The van der Waals surface area contributed by atoms with Crippen molar-refractivity contribution in [2.75, 3.05) is 53.1 Å². The van der Waals surface area contributed by atoms with Gasteiger partial charge in [0.2, 0.25) is 0 Å². The molecule has 3 fully saturated rings. The first kappa shape index (κ1) is 24.6. The summed E-state index contributed by atoms with van der Waals surface area (Å²) in [5, 5.41) is 3.01.